The van der Waals surface area contributed by atoms with Crippen LogP contribution in [0.4, 0.5) is 21.5 Å². The van der Waals surface area contributed by atoms with Crippen molar-refractivity contribution in [3.8, 4) is 6.07 Å². The fraction of sp³-hybridized carbons (Fsp3) is 0.351. The predicted octanol–water partition coefficient (Wildman–Crippen LogP) is 8.59. The maximum atomic E-state index is 13.9. The lowest BCUT2D eigenvalue weighted by atomic mass is 9.98. The summed E-state index contributed by atoms with van der Waals surface area (Å²) < 4.78 is 15.9. The molecule has 0 amide bonds. The number of pyridine rings is 1. The lowest BCUT2D eigenvalue weighted by Crippen LogP contribution is -2.46. The molecule has 5 aromatic rings. The Hall–Kier alpha value is -4.27. The Morgan fingerprint density at radius 3 is 2.49 bits per heavy atom. The van der Waals surface area contributed by atoms with Gasteiger partial charge in [-0.15, -0.1) is 5.10 Å². The highest BCUT2D eigenvalue weighted by Gasteiger charge is 2.29. The standard InChI is InChI=1S/C37H40Cl2FN9/c1-37(2,3)48-13-11-28(12-14-48)49-22-33(45-46-49)35(24-8-6-7-23(15-24)21-47(4)5)44-27-16-29-34(43-26-9-10-32(40)30(38)17-26)25(19-41)20-42-36(29)31(39)18-27/h6-10,15-18,20,22,28,35,44H,11-14,21H2,1-5H3,(H,42,43). The molecule has 3 heterocycles. The Morgan fingerprint density at radius 2 is 1.80 bits per heavy atom. The van der Waals surface area contributed by atoms with Gasteiger partial charge in [-0.1, -0.05) is 52.7 Å². The maximum Gasteiger partial charge on any atom is 0.141 e. The average Bonchev–Trinajstić information content (AvgIpc) is 3.55. The monoisotopic (exact) mass is 699 g/mol. The van der Waals surface area contributed by atoms with E-state index in [2.05, 4.69) is 87.9 Å². The molecule has 254 valence electrons. The molecule has 3 aromatic carbocycles. The fourth-order valence-corrected chi connectivity index (χ4v) is 6.86. The highest BCUT2D eigenvalue weighted by molar-refractivity contribution is 6.36. The van der Waals surface area contributed by atoms with Crippen LogP contribution in [0.5, 0.6) is 0 Å². The number of hydrogen-bond donors (Lipinski definition) is 2. The lowest BCUT2D eigenvalue weighted by molar-refractivity contribution is 0.0866. The predicted molar refractivity (Wildman–Crippen MR) is 195 cm³/mol. The molecule has 1 aliphatic rings. The van der Waals surface area contributed by atoms with E-state index >= 15 is 0 Å². The molecule has 49 heavy (non-hydrogen) atoms. The Balaban J connectivity index is 1.38. The molecule has 1 saturated heterocycles. The van der Waals surface area contributed by atoms with Gasteiger partial charge in [-0.05, 0) is 89.2 Å². The van der Waals surface area contributed by atoms with Gasteiger partial charge >= 0.3 is 0 Å². The van der Waals surface area contributed by atoms with Crippen molar-refractivity contribution in [1.82, 2.24) is 29.8 Å². The summed E-state index contributed by atoms with van der Waals surface area (Å²) in [5.41, 5.74) is 5.62. The molecule has 0 spiro atoms. The number of benzene rings is 3. The highest BCUT2D eigenvalue weighted by Crippen LogP contribution is 2.37. The van der Waals surface area contributed by atoms with Crippen LogP contribution in [0.3, 0.4) is 0 Å². The largest absolute Gasteiger partial charge is 0.373 e. The average molecular weight is 701 g/mol. The van der Waals surface area contributed by atoms with Crippen molar-refractivity contribution in [1.29, 1.82) is 5.26 Å². The molecule has 0 aliphatic carbocycles. The van der Waals surface area contributed by atoms with Gasteiger partial charge in [-0.2, -0.15) is 5.26 Å². The molecular formula is C37H40Cl2FN9. The lowest BCUT2D eigenvalue weighted by Gasteiger charge is -2.40. The van der Waals surface area contributed by atoms with Crippen LogP contribution in [0.2, 0.25) is 10.0 Å². The summed E-state index contributed by atoms with van der Waals surface area (Å²) in [6.07, 6.45) is 5.52. The van der Waals surface area contributed by atoms with Crippen molar-refractivity contribution >= 4 is 51.2 Å². The quantitative estimate of drug-likeness (QED) is 0.158. The topological polar surface area (TPSA) is 97.9 Å². The van der Waals surface area contributed by atoms with Gasteiger partial charge in [-0.25, -0.2) is 9.07 Å². The van der Waals surface area contributed by atoms with Gasteiger partial charge in [0.2, 0.25) is 0 Å². The van der Waals surface area contributed by atoms with Crippen LogP contribution in [-0.4, -0.2) is 62.5 Å². The summed E-state index contributed by atoms with van der Waals surface area (Å²) in [5.74, 6) is -0.533. The summed E-state index contributed by atoms with van der Waals surface area (Å²) in [4.78, 5) is 9.15. The minimum atomic E-state index is -0.533. The number of nitrogens with zero attached hydrogens (tertiary/aromatic N) is 7. The molecular weight excluding hydrogens is 660 g/mol. The number of likely N-dealkylation sites (tertiary alicyclic amines) is 1. The van der Waals surface area contributed by atoms with Crippen LogP contribution in [0.25, 0.3) is 10.9 Å². The summed E-state index contributed by atoms with van der Waals surface area (Å²) in [6.45, 7) is 9.57. The van der Waals surface area contributed by atoms with E-state index in [9.17, 15) is 9.65 Å². The molecule has 12 heteroatoms. The number of nitrogens with one attached hydrogen (secondary N) is 2. The molecule has 6 rings (SSSR count). The van der Waals surface area contributed by atoms with E-state index in [1.54, 1.807) is 6.07 Å². The first-order valence-corrected chi connectivity index (χ1v) is 17.1. The zero-order valence-corrected chi connectivity index (χ0v) is 29.8. The molecule has 1 fully saturated rings. The van der Waals surface area contributed by atoms with E-state index in [0.29, 0.717) is 38.6 Å². The molecule has 9 nitrogen and oxygen atoms in total. The number of rotatable bonds is 9. The Bertz CT molecular complexity index is 2010. The SMILES string of the molecule is CN(C)Cc1cccc(C(Nc2cc(Cl)c3ncc(C#N)c(Nc4ccc(F)c(Cl)c4)c3c2)c2cn(C3CCN(C(C)(C)C)CC3)nn2)c1. The van der Waals surface area contributed by atoms with Crippen LogP contribution >= 0.6 is 23.2 Å². The van der Waals surface area contributed by atoms with E-state index in [4.69, 9.17) is 28.3 Å². The first kappa shape index (κ1) is 34.6. The number of piperidine rings is 1. The van der Waals surface area contributed by atoms with Gasteiger partial charge in [0.05, 0.1) is 45.1 Å². The number of hydrogen-bond acceptors (Lipinski definition) is 8. The molecule has 1 unspecified atom stereocenters. The van der Waals surface area contributed by atoms with E-state index in [-0.39, 0.29) is 22.6 Å². The van der Waals surface area contributed by atoms with Gasteiger partial charge in [0.15, 0.2) is 0 Å². The molecule has 1 atom stereocenters. The van der Waals surface area contributed by atoms with Gasteiger partial charge < -0.3 is 15.5 Å². The maximum absolute atomic E-state index is 13.9. The van der Waals surface area contributed by atoms with Crippen molar-refractivity contribution in [2.45, 2.75) is 57.8 Å². The number of nitriles is 1. The van der Waals surface area contributed by atoms with E-state index in [1.165, 1.54) is 23.9 Å². The van der Waals surface area contributed by atoms with Crippen LogP contribution < -0.4 is 10.6 Å². The van der Waals surface area contributed by atoms with Crippen molar-refractivity contribution < 1.29 is 4.39 Å². The third-order valence-electron chi connectivity index (χ3n) is 8.94. The normalized spacial score (nSPS) is 15.0. The molecule has 2 aromatic heterocycles. The fourth-order valence-electron chi connectivity index (χ4n) is 6.41. The van der Waals surface area contributed by atoms with Crippen molar-refractivity contribution in [2.24, 2.45) is 0 Å². The van der Waals surface area contributed by atoms with Crippen LogP contribution in [0.15, 0.2) is 67.0 Å². The second-order valence-corrected chi connectivity index (χ2v) is 14.7. The van der Waals surface area contributed by atoms with Gasteiger partial charge in [0.1, 0.15) is 17.6 Å². The second kappa shape index (κ2) is 14.3. The molecule has 0 saturated carbocycles. The zero-order chi connectivity index (χ0) is 34.9. The summed E-state index contributed by atoms with van der Waals surface area (Å²) in [7, 11) is 4.09. The summed E-state index contributed by atoms with van der Waals surface area (Å²) >= 11 is 12.9. The first-order chi connectivity index (χ1) is 23.4. The van der Waals surface area contributed by atoms with Crippen molar-refractivity contribution in [3.05, 3.63) is 105 Å². The highest BCUT2D eigenvalue weighted by atomic mass is 35.5. The number of halogens is 3. The minimum absolute atomic E-state index is 0.0330. The van der Waals surface area contributed by atoms with Crippen molar-refractivity contribution in [3.63, 3.8) is 0 Å². The Kier molecular flexibility index (Phi) is 10.1. The number of anilines is 3. The molecule has 0 bridgehead atoms. The first-order valence-electron chi connectivity index (χ1n) is 16.3. The van der Waals surface area contributed by atoms with Crippen LogP contribution in [0.1, 0.15) is 68.1 Å². The number of aromatic nitrogens is 4. The number of fused-ring (bicyclic) bond motifs is 1. The summed E-state index contributed by atoms with van der Waals surface area (Å²) in [6, 6.07) is 18.6. The van der Waals surface area contributed by atoms with E-state index in [0.717, 1.165) is 43.7 Å². The molecule has 0 radical (unpaired) electrons. The van der Waals surface area contributed by atoms with E-state index in [1.807, 2.05) is 30.9 Å². The van der Waals surface area contributed by atoms with Crippen molar-refractivity contribution in [2.75, 3.05) is 37.8 Å². The molecule has 1 aliphatic heterocycles. The third-order valence-corrected chi connectivity index (χ3v) is 9.52. The third kappa shape index (κ3) is 7.81. The van der Waals surface area contributed by atoms with Crippen LogP contribution in [0, 0.1) is 17.1 Å². The molecule has 2 N–H and O–H groups in total. The van der Waals surface area contributed by atoms with Crippen LogP contribution in [-0.2, 0) is 6.54 Å². The van der Waals surface area contributed by atoms with E-state index < -0.39 is 5.82 Å². The van der Waals surface area contributed by atoms with Gasteiger partial charge in [0, 0.05) is 48.1 Å². The second-order valence-electron chi connectivity index (χ2n) is 13.8. The zero-order valence-electron chi connectivity index (χ0n) is 28.3. The van der Waals surface area contributed by atoms with Gasteiger partial charge in [0.25, 0.3) is 0 Å². The van der Waals surface area contributed by atoms with Gasteiger partial charge in [-0.3, -0.25) is 9.88 Å². The summed E-state index contributed by atoms with van der Waals surface area (Å²) in [5, 5.41) is 27.3. The Labute approximate surface area is 296 Å². The minimum Gasteiger partial charge on any atom is -0.373 e. The smallest absolute Gasteiger partial charge is 0.141 e. The Morgan fingerprint density at radius 1 is 1.04 bits per heavy atom.